The van der Waals surface area contributed by atoms with Crippen molar-refractivity contribution in [3.05, 3.63) is 71.0 Å². The Bertz CT molecular complexity index is 1090. The quantitative estimate of drug-likeness (QED) is 0.459. The Morgan fingerprint density at radius 1 is 1.11 bits per heavy atom. The molecule has 0 saturated heterocycles. The maximum Gasteiger partial charge on any atom is 0.277 e. The van der Waals surface area contributed by atoms with Gasteiger partial charge in [0.1, 0.15) is 11.4 Å². The average Bonchev–Trinajstić information content (AvgIpc) is 3.28. The van der Waals surface area contributed by atoms with Crippen LogP contribution in [0.1, 0.15) is 28.3 Å². The molecule has 0 aliphatic heterocycles. The molecule has 6 nitrogen and oxygen atoms in total. The molecule has 3 heterocycles. The topological polar surface area (TPSA) is 65.5 Å². The van der Waals surface area contributed by atoms with Gasteiger partial charge in [-0.25, -0.2) is 4.98 Å². The zero-order valence-electron chi connectivity index (χ0n) is 15.5. The molecule has 0 atom stereocenters. The summed E-state index contributed by atoms with van der Waals surface area (Å²) in [6.45, 7) is 6.36. The number of hydrogen-bond donors (Lipinski definition) is 0. The van der Waals surface area contributed by atoms with Gasteiger partial charge < -0.3 is 13.6 Å². The number of hydrogen-bond acceptors (Lipinski definition) is 6. The van der Waals surface area contributed by atoms with Crippen LogP contribution in [-0.4, -0.2) is 19.6 Å². The Kier molecular flexibility index (Phi) is 4.85. The van der Waals surface area contributed by atoms with Gasteiger partial charge in [0.15, 0.2) is 6.61 Å². The van der Waals surface area contributed by atoms with Gasteiger partial charge in [-0.1, -0.05) is 30.0 Å². The van der Waals surface area contributed by atoms with Crippen molar-refractivity contribution in [1.82, 2.24) is 19.6 Å². The van der Waals surface area contributed by atoms with E-state index in [0.29, 0.717) is 16.9 Å². The van der Waals surface area contributed by atoms with Gasteiger partial charge in [-0.3, -0.25) is 0 Å². The number of rotatable bonds is 6. The van der Waals surface area contributed by atoms with Crippen molar-refractivity contribution >= 4 is 17.4 Å². The van der Waals surface area contributed by atoms with Crippen LogP contribution in [-0.2, 0) is 12.4 Å². The van der Waals surface area contributed by atoms with Crippen LogP contribution >= 0.6 is 11.8 Å². The minimum atomic E-state index is 0.255. The zero-order valence-corrected chi connectivity index (χ0v) is 16.3. The van der Waals surface area contributed by atoms with Gasteiger partial charge in [0.2, 0.25) is 0 Å². The van der Waals surface area contributed by atoms with Crippen molar-refractivity contribution in [2.75, 3.05) is 0 Å². The molecular formula is C20H20N4O2S. The summed E-state index contributed by atoms with van der Waals surface area (Å²) >= 11 is 1.47. The lowest BCUT2D eigenvalue weighted by Gasteiger charge is -2.07. The van der Waals surface area contributed by atoms with E-state index in [1.54, 1.807) is 0 Å². The lowest BCUT2D eigenvalue weighted by Crippen LogP contribution is -1.97. The van der Waals surface area contributed by atoms with Crippen molar-refractivity contribution in [2.45, 2.75) is 38.4 Å². The molecule has 4 rings (SSSR count). The maximum absolute atomic E-state index is 5.81. The fourth-order valence-corrected chi connectivity index (χ4v) is 3.43. The number of aromatic nitrogens is 4. The normalized spacial score (nSPS) is 11.2. The summed E-state index contributed by atoms with van der Waals surface area (Å²) in [5, 5.41) is 8.67. The summed E-state index contributed by atoms with van der Waals surface area (Å²) in [4.78, 5) is 4.66. The lowest BCUT2D eigenvalue weighted by atomic mass is 10.1. The third-order valence-electron chi connectivity index (χ3n) is 4.21. The second-order valence-electron chi connectivity index (χ2n) is 6.46. The summed E-state index contributed by atoms with van der Waals surface area (Å²) in [7, 11) is 0. The largest absolute Gasteiger partial charge is 0.484 e. The number of pyridine rings is 1. The highest BCUT2D eigenvalue weighted by molar-refractivity contribution is 7.98. The van der Waals surface area contributed by atoms with Gasteiger partial charge in [-0.15, -0.1) is 10.2 Å². The van der Waals surface area contributed by atoms with Gasteiger partial charge in [-0.05, 0) is 49.6 Å². The average molecular weight is 380 g/mol. The first-order valence-corrected chi connectivity index (χ1v) is 9.65. The first-order chi connectivity index (χ1) is 13.1. The van der Waals surface area contributed by atoms with Crippen molar-refractivity contribution in [3.63, 3.8) is 0 Å². The van der Waals surface area contributed by atoms with Crippen molar-refractivity contribution in [2.24, 2.45) is 0 Å². The highest BCUT2D eigenvalue weighted by Crippen LogP contribution is 2.24. The zero-order chi connectivity index (χ0) is 18.8. The second-order valence-corrected chi connectivity index (χ2v) is 7.39. The number of fused-ring (bicyclic) bond motifs is 1. The van der Waals surface area contributed by atoms with Crippen LogP contribution in [0, 0.1) is 20.8 Å². The molecule has 0 radical (unpaired) electrons. The molecule has 1 aromatic carbocycles. The molecule has 0 unspecified atom stereocenters. The van der Waals surface area contributed by atoms with E-state index < -0.39 is 0 Å². The fraction of sp³-hybridized carbons (Fsp3) is 0.250. The summed E-state index contributed by atoms with van der Waals surface area (Å²) in [5.74, 6) is 1.97. The molecule has 138 valence electrons. The molecule has 0 aliphatic rings. The Balaban J connectivity index is 1.37. The van der Waals surface area contributed by atoms with E-state index in [1.807, 2.05) is 48.8 Å². The molecule has 7 heteroatoms. The Labute approximate surface area is 161 Å². The molecular weight excluding hydrogens is 360 g/mol. The number of benzene rings is 1. The molecule has 0 spiro atoms. The van der Waals surface area contributed by atoms with Crippen LogP contribution in [0.5, 0.6) is 5.75 Å². The number of thioether (sulfide) groups is 1. The highest BCUT2D eigenvalue weighted by atomic mass is 32.2. The summed E-state index contributed by atoms with van der Waals surface area (Å²) in [6.07, 6.45) is 4.02. The van der Waals surface area contributed by atoms with Gasteiger partial charge >= 0.3 is 0 Å². The third kappa shape index (κ3) is 3.98. The van der Waals surface area contributed by atoms with E-state index >= 15 is 0 Å². The minimum absolute atomic E-state index is 0.255. The van der Waals surface area contributed by atoms with Crippen LogP contribution in [0.2, 0.25) is 0 Å². The number of ether oxygens (including phenoxy) is 1. The van der Waals surface area contributed by atoms with E-state index in [-0.39, 0.29) is 6.61 Å². The number of imidazole rings is 1. The molecule has 4 aromatic rings. The predicted molar refractivity (Wildman–Crippen MR) is 104 cm³/mol. The van der Waals surface area contributed by atoms with Gasteiger partial charge in [0.05, 0.1) is 5.69 Å². The third-order valence-corrected chi connectivity index (χ3v) is 5.07. The van der Waals surface area contributed by atoms with E-state index in [9.17, 15) is 0 Å². The Morgan fingerprint density at radius 2 is 2.00 bits per heavy atom. The maximum atomic E-state index is 5.81. The van der Waals surface area contributed by atoms with E-state index in [2.05, 4.69) is 34.2 Å². The van der Waals surface area contributed by atoms with Crippen LogP contribution < -0.4 is 4.74 Å². The smallest absolute Gasteiger partial charge is 0.277 e. The Morgan fingerprint density at radius 3 is 2.85 bits per heavy atom. The number of nitrogens with zero attached hydrogens (tertiary/aromatic N) is 4. The predicted octanol–water partition coefficient (Wildman–Crippen LogP) is 4.51. The highest BCUT2D eigenvalue weighted by Gasteiger charge is 2.11. The molecule has 27 heavy (non-hydrogen) atoms. The summed E-state index contributed by atoms with van der Waals surface area (Å²) in [5.41, 5.74) is 5.33. The van der Waals surface area contributed by atoms with E-state index in [1.165, 1.54) is 11.8 Å². The molecule has 0 N–H and O–H groups in total. The van der Waals surface area contributed by atoms with Crippen LogP contribution in [0.15, 0.2) is 52.4 Å². The van der Waals surface area contributed by atoms with Crippen molar-refractivity contribution < 1.29 is 9.15 Å². The minimum Gasteiger partial charge on any atom is -0.484 e. The standard InChI is InChI=1S/C20H20N4O2S/c1-13-6-7-14(2)17(9-13)25-11-18-22-23-20(26-18)27-12-16-10-24-8-4-5-15(3)19(24)21-16/h4-10H,11-12H2,1-3H3. The van der Waals surface area contributed by atoms with Crippen LogP contribution in [0.3, 0.4) is 0 Å². The number of aryl methyl sites for hydroxylation is 3. The van der Waals surface area contributed by atoms with Gasteiger partial charge in [0.25, 0.3) is 11.1 Å². The van der Waals surface area contributed by atoms with Crippen molar-refractivity contribution in [3.8, 4) is 5.75 Å². The second kappa shape index (κ2) is 7.44. The molecule has 0 bridgehead atoms. The van der Waals surface area contributed by atoms with Gasteiger partial charge in [0, 0.05) is 18.1 Å². The monoisotopic (exact) mass is 380 g/mol. The molecule has 0 fully saturated rings. The molecule has 0 aliphatic carbocycles. The molecule has 3 aromatic heterocycles. The SMILES string of the molecule is Cc1ccc(C)c(OCc2nnc(SCc3cn4cccc(C)c4n3)o2)c1. The summed E-state index contributed by atoms with van der Waals surface area (Å²) < 4.78 is 13.5. The van der Waals surface area contributed by atoms with Gasteiger partial charge in [-0.2, -0.15) is 0 Å². The van der Waals surface area contributed by atoms with Crippen molar-refractivity contribution in [1.29, 1.82) is 0 Å². The van der Waals surface area contributed by atoms with E-state index in [0.717, 1.165) is 33.8 Å². The molecule has 0 saturated carbocycles. The lowest BCUT2D eigenvalue weighted by molar-refractivity contribution is 0.250. The molecule has 0 amide bonds. The van der Waals surface area contributed by atoms with E-state index in [4.69, 9.17) is 9.15 Å². The fourth-order valence-electron chi connectivity index (χ4n) is 2.77. The van der Waals surface area contributed by atoms with Crippen LogP contribution in [0.4, 0.5) is 0 Å². The Hall–Kier alpha value is -2.80. The summed E-state index contributed by atoms with van der Waals surface area (Å²) in [6, 6.07) is 10.2. The van der Waals surface area contributed by atoms with Crippen LogP contribution in [0.25, 0.3) is 5.65 Å². The first-order valence-electron chi connectivity index (χ1n) is 8.67. The first kappa shape index (κ1) is 17.6.